The highest BCUT2D eigenvalue weighted by atomic mass is 33.1. The number of Topliss-reactive ketones (excluding diaryl/α,β-unsaturated/α-hetero) is 3. The number of hydrogen-bond acceptors (Lipinski definition) is 10. The van der Waals surface area contributed by atoms with E-state index in [-0.39, 0.29) is 103 Å². The van der Waals surface area contributed by atoms with Crippen molar-refractivity contribution in [2.45, 2.75) is 195 Å². The van der Waals surface area contributed by atoms with Crippen LogP contribution in [0, 0.1) is 23.7 Å². The van der Waals surface area contributed by atoms with Gasteiger partial charge in [0, 0.05) is 101 Å². The molecule has 376 valence electrons. The predicted molar refractivity (Wildman–Crippen MR) is 268 cm³/mol. The molecule has 1 unspecified atom stereocenters. The van der Waals surface area contributed by atoms with E-state index in [1.165, 1.54) is 88.1 Å². The molecule has 13 nitrogen and oxygen atoms in total. The molecule has 65 heavy (non-hydrogen) atoms. The molecule has 3 N–H and O–H groups in total. The molecule has 0 bridgehead atoms. The minimum absolute atomic E-state index is 0.0123. The van der Waals surface area contributed by atoms with Crippen LogP contribution in [0.2, 0.25) is 0 Å². The van der Waals surface area contributed by atoms with Crippen LogP contribution in [0.15, 0.2) is 0 Å². The lowest BCUT2D eigenvalue weighted by Gasteiger charge is -2.24. The number of hydrogen-bond donors (Lipinski definition) is 3. The third-order valence-corrected chi connectivity index (χ3v) is 14.5. The van der Waals surface area contributed by atoms with E-state index in [0.717, 1.165) is 25.0 Å². The fraction of sp³-hybridized carbons (Fsp3) is 0.840. The highest BCUT2D eigenvalue weighted by Crippen LogP contribution is 2.28. The van der Waals surface area contributed by atoms with Gasteiger partial charge in [-0.15, -0.1) is 0 Å². The molecule has 0 heterocycles. The Morgan fingerprint density at radius 2 is 1.06 bits per heavy atom. The predicted octanol–water partition coefficient (Wildman–Crippen LogP) is 8.90. The van der Waals surface area contributed by atoms with Crippen molar-refractivity contribution in [1.82, 2.24) is 25.8 Å². The van der Waals surface area contributed by atoms with E-state index in [4.69, 9.17) is 0 Å². The van der Waals surface area contributed by atoms with Crippen LogP contribution in [0.1, 0.15) is 190 Å². The number of carbonyl (C=O) groups is 8. The van der Waals surface area contributed by atoms with Crippen molar-refractivity contribution in [2.75, 3.05) is 52.6 Å². The van der Waals surface area contributed by atoms with Gasteiger partial charge in [0.25, 0.3) is 0 Å². The third kappa shape index (κ3) is 34.1. The van der Waals surface area contributed by atoms with E-state index in [1.54, 1.807) is 42.4 Å². The molecule has 3 atom stereocenters. The van der Waals surface area contributed by atoms with Gasteiger partial charge in [0.2, 0.25) is 29.5 Å². The molecule has 0 saturated heterocycles. The van der Waals surface area contributed by atoms with E-state index in [0.29, 0.717) is 51.6 Å². The van der Waals surface area contributed by atoms with Crippen LogP contribution in [-0.4, -0.2) is 115 Å². The molecule has 0 aromatic carbocycles. The second-order valence-corrected chi connectivity index (χ2v) is 21.7. The van der Waals surface area contributed by atoms with Crippen molar-refractivity contribution in [1.29, 1.82) is 0 Å². The SMILES string of the molecule is CCCCCCCCCCCCCCCC(=O)NCCC(=O)N(C)CC(=O)C[C@@H](CCCCNC(=O)CCC(C)SSCCNC(=O)C(C)C)C(=O)N(C)CC(=O)C[C@@H](C)C(=O)C(C)C. The molecule has 0 aromatic rings. The number of ketones is 3. The van der Waals surface area contributed by atoms with Gasteiger partial charge in [-0.1, -0.05) is 154 Å². The lowest BCUT2D eigenvalue weighted by Crippen LogP contribution is -2.40. The van der Waals surface area contributed by atoms with Crippen LogP contribution in [0.4, 0.5) is 0 Å². The van der Waals surface area contributed by atoms with Gasteiger partial charge in [-0.05, 0) is 25.7 Å². The molecule has 0 aliphatic rings. The fourth-order valence-electron chi connectivity index (χ4n) is 7.42. The second kappa shape index (κ2) is 39.1. The second-order valence-electron chi connectivity index (χ2n) is 18.7. The van der Waals surface area contributed by atoms with Gasteiger partial charge in [-0.25, -0.2) is 0 Å². The molecule has 0 fully saturated rings. The maximum Gasteiger partial charge on any atom is 0.226 e. The van der Waals surface area contributed by atoms with Crippen molar-refractivity contribution in [2.24, 2.45) is 23.7 Å². The number of carbonyl (C=O) groups excluding carboxylic acids is 8. The van der Waals surface area contributed by atoms with Gasteiger partial charge in [-0.3, -0.25) is 38.4 Å². The van der Waals surface area contributed by atoms with Crippen LogP contribution in [0.5, 0.6) is 0 Å². The summed E-state index contributed by atoms with van der Waals surface area (Å²) in [5.74, 6) is -1.92. The van der Waals surface area contributed by atoms with Crippen molar-refractivity contribution in [3.05, 3.63) is 0 Å². The summed E-state index contributed by atoms with van der Waals surface area (Å²) in [5, 5.41) is 8.93. The number of nitrogens with zero attached hydrogens (tertiary/aromatic N) is 2. The van der Waals surface area contributed by atoms with Crippen LogP contribution in [0.3, 0.4) is 0 Å². The zero-order valence-electron chi connectivity index (χ0n) is 42.2. The van der Waals surface area contributed by atoms with Crippen molar-refractivity contribution in [3.63, 3.8) is 0 Å². The molecular formula is C50H91N5O8S2. The Balaban J connectivity index is 4.86. The van der Waals surface area contributed by atoms with Crippen LogP contribution in [0.25, 0.3) is 0 Å². The van der Waals surface area contributed by atoms with E-state index >= 15 is 0 Å². The molecule has 0 spiro atoms. The first-order chi connectivity index (χ1) is 30.9. The number of nitrogens with one attached hydrogen (secondary N) is 3. The normalized spacial score (nSPS) is 12.7. The smallest absolute Gasteiger partial charge is 0.226 e. The third-order valence-electron chi connectivity index (χ3n) is 11.5. The van der Waals surface area contributed by atoms with Crippen molar-refractivity contribution < 1.29 is 38.4 Å². The summed E-state index contributed by atoms with van der Waals surface area (Å²) in [7, 11) is 6.43. The van der Waals surface area contributed by atoms with Crippen LogP contribution < -0.4 is 16.0 Å². The molecule has 0 rings (SSSR count). The fourth-order valence-corrected chi connectivity index (χ4v) is 9.68. The maximum absolute atomic E-state index is 13.7. The molecular weight excluding hydrogens is 863 g/mol. The number of amides is 5. The van der Waals surface area contributed by atoms with Crippen molar-refractivity contribution in [3.8, 4) is 0 Å². The quantitative estimate of drug-likeness (QED) is 0.0395. The average Bonchev–Trinajstić information content (AvgIpc) is 3.25. The van der Waals surface area contributed by atoms with Crippen LogP contribution >= 0.6 is 21.6 Å². The molecule has 0 aliphatic carbocycles. The van der Waals surface area contributed by atoms with Crippen molar-refractivity contribution >= 4 is 68.5 Å². The monoisotopic (exact) mass is 954 g/mol. The highest BCUT2D eigenvalue weighted by Gasteiger charge is 2.28. The average molecular weight is 954 g/mol. The summed E-state index contributed by atoms with van der Waals surface area (Å²) >= 11 is 0. The summed E-state index contributed by atoms with van der Waals surface area (Å²) in [4.78, 5) is 104. The Hall–Kier alpha value is -2.94. The summed E-state index contributed by atoms with van der Waals surface area (Å²) in [6.07, 6.45) is 19.0. The first-order valence-electron chi connectivity index (χ1n) is 25.0. The van der Waals surface area contributed by atoms with Gasteiger partial charge >= 0.3 is 0 Å². The molecule has 0 aliphatic heterocycles. The Labute approximate surface area is 402 Å². The lowest BCUT2D eigenvalue weighted by molar-refractivity contribution is -0.140. The molecule has 15 heteroatoms. The minimum Gasteiger partial charge on any atom is -0.356 e. The van der Waals surface area contributed by atoms with E-state index in [1.807, 2.05) is 13.8 Å². The van der Waals surface area contributed by atoms with E-state index in [9.17, 15) is 38.4 Å². The minimum atomic E-state index is -0.729. The van der Waals surface area contributed by atoms with E-state index in [2.05, 4.69) is 29.8 Å². The number of likely N-dealkylation sites (N-methyl/N-ethyl adjacent to an activating group) is 2. The number of rotatable bonds is 42. The summed E-state index contributed by atoms with van der Waals surface area (Å²) in [6.45, 7) is 14.2. The van der Waals surface area contributed by atoms with Crippen LogP contribution in [-0.2, 0) is 38.4 Å². The first kappa shape index (κ1) is 62.1. The zero-order chi connectivity index (χ0) is 49.0. The van der Waals surface area contributed by atoms with Gasteiger partial charge in [0.05, 0.1) is 13.1 Å². The summed E-state index contributed by atoms with van der Waals surface area (Å²) < 4.78 is 0. The molecule has 0 aromatic heterocycles. The standard InChI is InChI=1S/C50H91N5O8S2/c1-10-11-12-13-14-15-16-17-18-19-20-21-22-26-45(58)52-31-29-47(60)54(8)36-44(57)35-42(50(63)55(9)37-43(56)34-40(6)48(61)38(2)3)25-23-24-30-51-46(59)28-27-41(7)65-64-33-32-53-49(62)39(4)5/h38-42H,10-37H2,1-9H3,(H,51,59)(H,52,58)(H,53,62)/t40-,41?,42-/m1/s1. The summed E-state index contributed by atoms with van der Waals surface area (Å²) in [5.41, 5.74) is 0. The zero-order valence-corrected chi connectivity index (χ0v) is 43.8. The topological polar surface area (TPSA) is 179 Å². The molecule has 0 radical (unpaired) electrons. The maximum atomic E-state index is 13.7. The number of unbranched alkanes of at least 4 members (excludes halogenated alkanes) is 13. The van der Waals surface area contributed by atoms with Gasteiger partial charge < -0.3 is 25.8 Å². The Bertz CT molecular complexity index is 1400. The summed E-state index contributed by atoms with van der Waals surface area (Å²) in [6, 6.07) is 0. The highest BCUT2D eigenvalue weighted by molar-refractivity contribution is 8.76. The van der Waals surface area contributed by atoms with E-state index < -0.39 is 11.8 Å². The molecule has 5 amide bonds. The Morgan fingerprint density at radius 3 is 1.65 bits per heavy atom. The van der Waals surface area contributed by atoms with Gasteiger partial charge in [0.15, 0.2) is 11.6 Å². The van der Waals surface area contributed by atoms with Gasteiger partial charge in [-0.2, -0.15) is 0 Å². The Morgan fingerprint density at radius 1 is 0.523 bits per heavy atom. The molecule has 0 saturated carbocycles. The largest absolute Gasteiger partial charge is 0.356 e. The lowest BCUT2D eigenvalue weighted by atomic mass is 9.92. The van der Waals surface area contributed by atoms with Gasteiger partial charge in [0.1, 0.15) is 5.78 Å². The Kier molecular flexibility index (Phi) is 37.3. The first-order valence-corrected chi connectivity index (χ1v) is 27.4.